The zero-order valence-electron chi connectivity index (χ0n) is 21.5. The molecule has 1 saturated heterocycles. The number of nitrogens with zero attached hydrogens (tertiary/aromatic N) is 2. The molecule has 2 aromatic rings. The summed E-state index contributed by atoms with van der Waals surface area (Å²) in [5, 5.41) is 21.5. The monoisotopic (exact) mass is 496 g/mol. The van der Waals surface area contributed by atoms with Gasteiger partial charge < -0.3 is 29.5 Å². The number of aliphatic hydroxyl groups excluding tert-OH is 1. The first-order chi connectivity index (χ1) is 17.4. The van der Waals surface area contributed by atoms with Crippen LogP contribution >= 0.6 is 0 Å². The summed E-state index contributed by atoms with van der Waals surface area (Å²) in [6.45, 7) is 11.3. The van der Waals surface area contributed by atoms with Gasteiger partial charge in [0.1, 0.15) is 11.5 Å². The molecule has 2 aromatic carbocycles. The highest BCUT2D eigenvalue weighted by Crippen LogP contribution is 2.41. The molecule has 0 bridgehead atoms. The molecule has 8 heteroatoms. The van der Waals surface area contributed by atoms with Crippen molar-refractivity contribution in [3.8, 4) is 17.2 Å². The van der Waals surface area contributed by atoms with Crippen LogP contribution in [0.25, 0.3) is 5.76 Å². The molecule has 0 aliphatic carbocycles. The lowest BCUT2D eigenvalue weighted by atomic mass is 9.95. The van der Waals surface area contributed by atoms with Gasteiger partial charge in [0.05, 0.1) is 24.8 Å². The van der Waals surface area contributed by atoms with Crippen molar-refractivity contribution in [2.75, 3.05) is 39.4 Å². The maximum Gasteiger partial charge on any atom is 0.295 e. The van der Waals surface area contributed by atoms with E-state index in [1.54, 1.807) is 43.3 Å². The van der Waals surface area contributed by atoms with Gasteiger partial charge in [-0.25, -0.2) is 0 Å². The second kappa shape index (κ2) is 12.4. The first-order valence-electron chi connectivity index (χ1n) is 12.6. The summed E-state index contributed by atoms with van der Waals surface area (Å²) in [6, 6.07) is 10.7. The normalized spacial score (nSPS) is 17.1. The highest BCUT2D eigenvalue weighted by molar-refractivity contribution is 6.46. The van der Waals surface area contributed by atoms with Gasteiger partial charge in [-0.2, -0.15) is 0 Å². The Bertz CT molecular complexity index is 1090. The third-order valence-corrected chi connectivity index (χ3v) is 6.29. The van der Waals surface area contributed by atoms with Crippen molar-refractivity contribution in [1.82, 2.24) is 9.80 Å². The molecule has 1 aliphatic heterocycles. The Morgan fingerprint density at radius 3 is 2.31 bits per heavy atom. The topological polar surface area (TPSA) is 99.5 Å². The van der Waals surface area contributed by atoms with E-state index in [9.17, 15) is 19.8 Å². The standard InChI is InChI=1S/C28H36N2O6/c1-5-17-36-21-12-9-19(10-13-21)26(32)24-25(20-11-14-22(31)23(18-20)35-8-4)30(28(34)27(24)33)16-15-29(6-2)7-3/h9-14,18,25,31-32H,5-8,15-17H2,1-4H3/b26-24+. The number of likely N-dealkylation sites (N-methyl/N-ethyl adjacent to an activating group) is 1. The lowest BCUT2D eigenvalue weighted by Crippen LogP contribution is -2.38. The summed E-state index contributed by atoms with van der Waals surface area (Å²) >= 11 is 0. The quantitative estimate of drug-likeness (QED) is 0.256. The van der Waals surface area contributed by atoms with E-state index in [0.717, 1.165) is 19.5 Å². The fourth-order valence-corrected chi connectivity index (χ4v) is 4.30. The number of phenols is 1. The fraction of sp³-hybridized carbons (Fsp3) is 0.429. The van der Waals surface area contributed by atoms with Crippen molar-refractivity contribution in [2.45, 2.75) is 40.2 Å². The van der Waals surface area contributed by atoms with Crippen LogP contribution < -0.4 is 9.47 Å². The van der Waals surface area contributed by atoms with Gasteiger partial charge in [-0.15, -0.1) is 0 Å². The number of carbonyl (C=O) groups excluding carboxylic acids is 2. The van der Waals surface area contributed by atoms with E-state index in [4.69, 9.17) is 9.47 Å². The van der Waals surface area contributed by atoms with E-state index in [1.807, 2.05) is 20.8 Å². The van der Waals surface area contributed by atoms with Crippen LogP contribution in [0.15, 0.2) is 48.0 Å². The van der Waals surface area contributed by atoms with Gasteiger partial charge in [0, 0.05) is 18.7 Å². The number of phenolic OH excluding ortho intramolecular Hbond substituents is 1. The van der Waals surface area contributed by atoms with Crippen molar-refractivity contribution >= 4 is 17.4 Å². The maximum absolute atomic E-state index is 13.3. The number of aliphatic hydroxyl groups is 1. The number of carbonyl (C=O) groups is 2. The SMILES string of the molecule is CCCOc1ccc(/C(O)=C2\C(=O)C(=O)N(CCN(CC)CC)C2c2ccc(O)c(OCC)c2)cc1. The molecule has 3 rings (SSSR count). The number of rotatable bonds is 12. The molecule has 1 aliphatic rings. The third-order valence-electron chi connectivity index (χ3n) is 6.29. The molecule has 2 N–H and O–H groups in total. The third kappa shape index (κ3) is 5.82. The largest absolute Gasteiger partial charge is 0.507 e. The van der Waals surface area contributed by atoms with Gasteiger partial charge in [-0.3, -0.25) is 9.59 Å². The maximum atomic E-state index is 13.3. The smallest absolute Gasteiger partial charge is 0.295 e. The molecule has 1 fully saturated rings. The molecule has 0 aromatic heterocycles. The molecule has 36 heavy (non-hydrogen) atoms. The van der Waals surface area contributed by atoms with Crippen LogP contribution in [0.2, 0.25) is 0 Å². The Balaban J connectivity index is 2.08. The van der Waals surface area contributed by atoms with Crippen LogP contribution in [0.3, 0.4) is 0 Å². The number of aromatic hydroxyl groups is 1. The van der Waals surface area contributed by atoms with E-state index in [1.165, 1.54) is 11.0 Å². The van der Waals surface area contributed by atoms with Gasteiger partial charge >= 0.3 is 0 Å². The number of ether oxygens (including phenoxy) is 2. The second-order valence-electron chi connectivity index (χ2n) is 8.55. The van der Waals surface area contributed by atoms with E-state index in [-0.39, 0.29) is 22.8 Å². The fourth-order valence-electron chi connectivity index (χ4n) is 4.30. The van der Waals surface area contributed by atoms with Crippen LogP contribution in [0.5, 0.6) is 17.2 Å². The van der Waals surface area contributed by atoms with Gasteiger partial charge in [-0.05, 0) is 68.4 Å². The minimum absolute atomic E-state index is 0.00918. The Hall–Kier alpha value is -3.52. The average Bonchev–Trinajstić information content (AvgIpc) is 3.14. The second-order valence-corrected chi connectivity index (χ2v) is 8.55. The summed E-state index contributed by atoms with van der Waals surface area (Å²) in [4.78, 5) is 30.1. The zero-order chi connectivity index (χ0) is 26.2. The first kappa shape index (κ1) is 27.1. The Morgan fingerprint density at radius 1 is 1.00 bits per heavy atom. The highest BCUT2D eigenvalue weighted by Gasteiger charge is 2.46. The van der Waals surface area contributed by atoms with E-state index >= 15 is 0 Å². The number of ketones is 1. The van der Waals surface area contributed by atoms with E-state index in [0.29, 0.717) is 43.2 Å². The number of hydrogen-bond acceptors (Lipinski definition) is 7. The molecule has 1 heterocycles. The molecule has 194 valence electrons. The summed E-state index contributed by atoms with van der Waals surface area (Å²) < 4.78 is 11.2. The van der Waals surface area contributed by atoms with E-state index in [2.05, 4.69) is 4.90 Å². The Labute approximate surface area is 212 Å². The molecule has 1 amide bonds. The predicted molar refractivity (Wildman–Crippen MR) is 138 cm³/mol. The number of Topliss-reactive ketones (excluding diaryl/α,β-unsaturated/α-hetero) is 1. The lowest BCUT2D eigenvalue weighted by Gasteiger charge is -2.28. The van der Waals surface area contributed by atoms with Gasteiger partial charge in [0.25, 0.3) is 11.7 Å². The summed E-state index contributed by atoms with van der Waals surface area (Å²) in [5.74, 6) is -0.788. The van der Waals surface area contributed by atoms with Crippen LogP contribution in [-0.4, -0.2) is 71.1 Å². The molecule has 1 atom stereocenters. The summed E-state index contributed by atoms with van der Waals surface area (Å²) in [5.41, 5.74) is 0.990. The number of hydrogen-bond donors (Lipinski definition) is 2. The van der Waals surface area contributed by atoms with Crippen LogP contribution in [0.1, 0.15) is 51.3 Å². The molecule has 0 radical (unpaired) electrons. The van der Waals surface area contributed by atoms with E-state index < -0.39 is 17.7 Å². The van der Waals surface area contributed by atoms with Crippen molar-refractivity contribution < 1.29 is 29.3 Å². The van der Waals surface area contributed by atoms with Crippen molar-refractivity contribution in [1.29, 1.82) is 0 Å². The molecule has 0 spiro atoms. The lowest BCUT2D eigenvalue weighted by molar-refractivity contribution is -0.140. The van der Waals surface area contributed by atoms with Crippen molar-refractivity contribution in [3.63, 3.8) is 0 Å². The number of amides is 1. The number of benzene rings is 2. The van der Waals surface area contributed by atoms with Gasteiger partial charge in [0.2, 0.25) is 0 Å². The summed E-state index contributed by atoms with van der Waals surface area (Å²) in [7, 11) is 0. The molecular weight excluding hydrogens is 460 g/mol. The highest BCUT2D eigenvalue weighted by atomic mass is 16.5. The zero-order valence-corrected chi connectivity index (χ0v) is 21.5. The Kier molecular flexibility index (Phi) is 9.36. The van der Waals surface area contributed by atoms with Gasteiger partial charge in [-0.1, -0.05) is 26.8 Å². The van der Waals surface area contributed by atoms with Crippen LogP contribution in [0, 0.1) is 0 Å². The predicted octanol–water partition coefficient (Wildman–Crippen LogP) is 4.34. The Morgan fingerprint density at radius 2 is 1.69 bits per heavy atom. The van der Waals surface area contributed by atoms with Crippen molar-refractivity contribution in [3.05, 3.63) is 59.2 Å². The van der Waals surface area contributed by atoms with Crippen molar-refractivity contribution in [2.24, 2.45) is 0 Å². The first-order valence-corrected chi connectivity index (χ1v) is 12.6. The van der Waals surface area contributed by atoms with Crippen LogP contribution in [0.4, 0.5) is 0 Å². The molecule has 0 saturated carbocycles. The average molecular weight is 497 g/mol. The summed E-state index contributed by atoms with van der Waals surface area (Å²) in [6.07, 6.45) is 0.870. The molecule has 1 unspecified atom stereocenters. The van der Waals surface area contributed by atoms with Crippen LogP contribution in [-0.2, 0) is 9.59 Å². The molecular formula is C28H36N2O6. The minimum Gasteiger partial charge on any atom is -0.507 e. The minimum atomic E-state index is -0.823. The molecule has 8 nitrogen and oxygen atoms in total. The van der Waals surface area contributed by atoms with Gasteiger partial charge in [0.15, 0.2) is 11.5 Å². The number of likely N-dealkylation sites (tertiary alicyclic amines) is 1.